The number of unbranched alkanes of at least 4 members (excludes halogenated alkanes) is 2. The van der Waals surface area contributed by atoms with Crippen LogP contribution < -0.4 is 10.5 Å². The van der Waals surface area contributed by atoms with Crippen LogP contribution in [0.2, 0.25) is 0 Å². The Labute approximate surface area is 136 Å². The first-order chi connectivity index (χ1) is 9.81. The lowest BCUT2D eigenvalue weighted by Gasteiger charge is -2.16. The van der Waals surface area contributed by atoms with Gasteiger partial charge in [0.05, 0.1) is 4.90 Å². The van der Waals surface area contributed by atoms with Crippen LogP contribution in [0.25, 0.3) is 0 Å². The molecule has 0 radical (unpaired) electrons. The highest BCUT2D eigenvalue weighted by molar-refractivity contribution is 9.10. The Morgan fingerprint density at radius 2 is 2.00 bits per heavy atom. The number of nitrogens with one attached hydrogen (secondary N) is 1. The van der Waals surface area contributed by atoms with Gasteiger partial charge in [0, 0.05) is 17.1 Å². The number of rotatable bonds is 8. The van der Waals surface area contributed by atoms with Crippen molar-refractivity contribution in [1.29, 1.82) is 0 Å². The third-order valence-corrected chi connectivity index (χ3v) is 6.02. The van der Waals surface area contributed by atoms with Crippen molar-refractivity contribution in [2.24, 2.45) is 5.73 Å². The normalized spacial score (nSPS) is 13.4. The van der Waals surface area contributed by atoms with Crippen molar-refractivity contribution in [2.75, 3.05) is 0 Å². The maximum absolute atomic E-state index is 12.5. The van der Waals surface area contributed by atoms with Gasteiger partial charge in [-0.25, -0.2) is 13.1 Å². The lowest BCUT2D eigenvalue weighted by molar-refractivity contribution is 0.527. The summed E-state index contributed by atoms with van der Waals surface area (Å²) in [6.07, 6.45) is 4.14. The van der Waals surface area contributed by atoms with Gasteiger partial charge in [-0.15, -0.1) is 0 Å². The average Bonchev–Trinajstić information content (AvgIpc) is 2.41. The van der Waals surface area contributed by atoms with Crippen LogP contribution in [-0.4, -0.2) is 14.5 Å². The lowest BCUT2D eigenvalue weighted by atomic mass is 10.1. The molecule has 21 heavy (non-hydrogen) atoms. The van der Waals surface area contributed by atoms with Crippen LogP contribution >= 0.6 is 15.9 Å². The van der Waals surface area contributed by atoms with Crippen molar-refractivity contribution in [3.63, 3.8) is 0 Å². The molecule has 0 aliphatic heterocycles. The zero-order valence-corrected chi connectivity index (χ0v) is 15.4. The molecule has 0 aromatic heterocycles. The van der Waals surface area contributed by atoms with E-state index in [1.54, 1.807) is 13.0 Å². The molecule has 3 N–H and O–H groups in total. The highest BCUT2D eigenvalue weighted by atomic mass is 79.9. The minimum atomic E-state index is -3.52. The fourth-order valence-corrected chi connectivity index (χ4v) is 4.42. The topological polar surface area (TPSA) is 72.2 Å². The number of benzene rings is 1. The lowest BCUT2D eigenvalue weighted by Crippen LogP contribution is -2.33. The van der Waals surface area contributed by atoms with Gasteiger partial charge in [-0.3, -0.25) is 0 Å². The minimum Gasteiger partial charge on any atom is -0.326 e. The van der Waals surface area contributed by atoms with Gasteiger partial charge in [0.2, 0.25) is 10.0 Å². The molecule has 0 aliphatic rings. The van der Waals surface area contributed by atoms with Crippen LogP contribution in [-0.2, 0) is 16.6 Å². The van der Waals surface area contributed by atoms with Crippen LogP contribution in [0.5, 0.6) is 0 Å². The van der Waals surface area contributed by atoms with Gasteiger partial charge in [-0.1, -0.05) is 42.1 Å². The van der Waals surface area contributed by atoms with Gasteiger partial charge in [0.15, 0.2) is 0 Å². The summed E-state index contributed by atoms with van der Waals surface area (Å²) in [5.41, 5.74) is 7.13. The average molecular weight is 377 g/mol. The van der Waals surface area contributed by atoms with E-state index >= 15 is 0 Å². The van der Waals surface area contributed by atoms with Gasteiger partial charge < -0.3 is 5.73 Å². The van der Waals surface area contributed by atoms with E-state index < -0.39 is 10.0 Å². The molecule has 0 saturated carbocycles. The van der Waals surface area contributed by atoms with Crippen molar-refractivity contribution in [2.45, 2.75) is 63.9 Å². The predicted octanol–water partition coefficient (Wildman–Crippen LogP) is 3.46. The summed E-state index contributed by atoms with van der Waals surface area (Å²) >= 11 is 3.40. The standard InChI is InChI=1S/C15H25BrN2O2S/c1-4-5-6-7-11(2)18-21(19,20)15-9-13(10-17)8-14(16)12(15)3/h8-9,11,18H,4-7,10,17H2,1-3H3. The summed E-state index contributed by atoms with van der Waals surface area (Å²) in [6, 6.07) is 3.45. The molecule has 0 bridgehead atoms. The summed E-state index contributed by atoms with van der Waals surface area (Å²) in [4.78, 5) is 0.305. The molecule has 0 amide bonds. The minimum absolute atomic E-state index is 0.0683. The molecule has 1 atom stereocenters. The highest BCUT2D eigenvalue weighted by Gasteiger charge is 2.21. The van der Waals surface area contributed by atoms with E-state index in [2.05, 4.69) is 27.6 Å². The van der Waals surface area contributed by atoms with E-state index in [0.29, 0.717) is 17.0 Å². The Hall–Kier alpha value is -0.430. The predicted molar refractivity (Wildman–Crippen MR) is 90.7 cm³/mol. The summed E-state index contributed by atoms with van der Waals surface area (Å²) in [5.74, 6) is 0. The van der Waals surface area contributed by atoms with Gasteiger partial charge in [-0.05, 0) is 43.5 Å². The second-order valence-corrected chi connectivity index (χ2v) is 7.96. The maximum atomic E-state index is 12.5. The van der Waals surface area contributed by atoms with Crippen LogP contribution in [0.15, 0.2) is 21.5 Å². The summed E-state index contributed by atoms with van der Waals surface area (Å²) < 4.78 is 28.6. The largest absolute Gasteiger partial charge is 0.326 e. The van der Waals surface area contributed by atoms with Crippen molar-refractivity contribution in [3.05, 3.63) is 27.7 Å². The SMILES string of the molecule is CCCCCC(C)NS(=O)(=O)c1cc(CN)cc(Br)c1C. The second-order valence-electron chi connectivity index (χ2n) is 5.42. The Balaban J connectivity index is 2.95. The Morgan fingerprint density at radius 1 is 1.33 bits per heavy atom. The van der Waals surface area contributed by atoms with Gasteiger partial charge in [-0.2, -0.15) is 0 Å². The quantitative estimate of drug-likeness (QED) is 0.682. The van der Waals surface area contributed by atoms with Crippen LogP contribution in [0.1, 0.15) is 50.7 Å². The molecule has 1 unspecified atom stereocenters. The Kier molecular flexibility index (Phi) is 7.33. The molecule has 6 heteroatoms. The summed E-state index contributed by atoms with van der Waals surface area (Å²) in [5, 5.41) is 0. The molecular formula is C15H25BrN2O2S. The number of nitrogens with two attached hydrogens (primary N) is 1. The maximum Gasteiger partial charge on any atom is 0.241 e. The Morgan fingerprint density at radius 3 is 2.57 bits per heavy atom. The second kappa shape index (κ2) is 8.27. The third-order valence-electron chi connectivity index (χ3n) is 3.48. The van der Waals surface area contributed by atoms with Gasteiger partial charge >= 0.3 is 0 Å². The zero-order valence-electron chi connectivity index (χ0n) is 12.9. The third kappa shape index (κ3) is 5.36. The molecule has 0 heterocycles. The molecule has 0 saturated heterocycles. The number of halogens is 1. The molecule has 0 spiro atoms. The van der Waals surface area contributed by atoms with Crippen molar-refractivity contribution >= 4 is 26.0 Å². The molecular weight excluding hydrogens is 352 g/mol. The highest BCUT2D eigenvalue weighted by Crippen LogP contribution is 2.26. The zero-order chi connectivity index (χ0) is 16.0. The first kappa shape index (κ1) is 18.6. The molecule has 0 aliphatic carbocycles. The van der Waals surface area contributed by atoms with Crippen LogP contribution in [0.3, 0.4) is 0 Å². The van der Waals surface area contributed by atoms with E-state index in [9.17, 15) is 8.42 Å². The van der Waals surface area contributed by atoms with E-state index in [4.69, 9.17) is 5.73 Å². The van der Waals surface area contributed by atoms with E-state index in [0.717, 1.165) is 35.7 Å². The smallest absolute Gasteiger partial charge is 0.241 e. The fourth-order valence-electron chi connectivity index (χ4n) is 2.19. The number of sulfonamides is 1. The Bertz CT molecular complexity index is 573. The molecule has 0 fully saturated rings. The fraction of sp³-hybridized carbons (Fsp3) is 0.600. The van der Waals surface area contributed by atoms with Crippen molar-refractivity contribution in [1.82, 2.24) is 4.72 Å². The molecule has 1 aromatic carbocycles. The molecule has 4 nitrogen and oxygen atoms in total. The first-order valence-corrected chi connectivity index (χ1v) is 9.60. The van der Waals surface area contributed by atoms with Crippen molar-refractivity contribution in [3.8, 4) is 0 Å². The number of hydrogen-bond acceptors (Lipinski definition) is 3. The first-order valence-electron chi connectivity index (χ1n) is 7.33. The van der Waals surface area contributed by atoms with E-state index in [1.807, 2.05) is 13.0 Å². The van der Waals surface area contributed by atoms with E-state index in [1.165, 1.54) is 0 Å². The van der Waals surface area contributed by atoms with E-state index in [-0.39, 0.29) is 6.04 Å². The number of hydrogen-bond donors (Lipinski definition) is 2. The van der Waals surface area contributed by atoms with Gasteiger partial charge in [0.1, 0.15) is 0 Å². The molecule has 1 aromatic rings. The van der Waals surface area contributed by atoms with Crippen LogP contribution in [0.4, 0.5) is 0 Å². The van der Waals surface area contributed by atoms with Crippen LogP contribution in [0, 0.1) is 6.92 Å². The van der Waals surface area contributed by atoms with Gasteiger partial charge in [0.25, 0.3) is 0 Å². The summed E-state index contributed by atoms with van der Waals surface area (Å²) in [6.45, 7) is 6.15. The monoisotopic (exact) mass is 376 g/mol. The molecule has 1 rings (SSSR count). The summed E-state index contributed by atoms with van der Waals surface area (Å²) in [7, 11) is -3.52. The van der Waals surface area contributed by atoms with Crippen molar-refractivity contribution < 1.29 is 8.42 Å². The molecule has 120 valence electrons.